The number of aryl methyl sites for hydroxylation is 1. The van der Waals surface area contributed by atoms with Gasteiger partial charge in [0.05, 0.1) is 26.5 Å². The van der Waals surface area contributed by atoms with Gasteiger partial charge in [-0.1, -0.05) is 35.0 Å². The number of methoxy groups -OCH3 is 2. The normalized spacial score (nSPS) is 14.8. The van der Waals surface area contributed by atoms with E-state index >= 15 is 0 Å². The maximum atomic E-state index is 13.5. The zero-order valence-corrected chi connectivity index (χ0v) is 21.3. The fraction of sp³-hybridized carbons (Fsp3) is 0.292. The van der Waals surface area contributed by atoms with Crippen LogP contribution in [0.25, 0.3) is 6.08 Å². The van der Waals surface area contributed by atoms with E-state index in [1.165, 1.54) is 16.9 Å². The molecular weight excluding hydrogens is 508 g/mol. The largest absolute Gasteiger partial charge is 0.493 e. The molecule has 0 aliphatic carbocycles. The minimum absolute atomic E-state index is 0.192. The molecule has 1 heterocycles. The first-order valence-electron chi connectivity index (χ1n) is 10.4. The van der Waals surface area contributed by atoms with E-state index in [1.807, 2.05) is 31.2 Å². The summed E-state index contributed by atoms with van der Waals surface area (Å²) in [6.45, 7) is 4.19. The van der Waals surface area contributed by atoms with Gasteiger partial charge in [0.2, 0.25) is 0 Å². The van der Waals surface area contributed by atoms with E-state index in [0.717, 1.165) is 12.0 Å². The van der Waals surface area contributed by atoms with Gasteiger partial charge in [0.15, 0.2) is 16.6 Å². The molecule has 2 aromatic rings. The Morgan fingerprint density at radius 1 is 1.12 bits per heavy atom. The molecule has 33 heavy (non-hydrogen) atoms. The Hall–Kier alpha value is -2.91. The predicted octanol–water partition coefficient (Wildman–Crippen LogP) is 4.57. The summed E-state index contributed by atoms with van der Waals surface area (Å²) in [6, 6.07) is 11.1. The first kappa shape index (κ1) is 24.7. The second-order valence-corrected chi connectivity index (χ2v) is 8.31. The molecule has 0 atom stereocenters. The summed E-state index contributed by atoms with van der Waals surface area (Å²) in [5.74, 6) is 0.245. The van der Waals surface area contributed by atoms with Gasteiger partial charge in [0, 0.05) is 4.47 Å². The second-order valence-electron chi connectivity index (χ2n) is 7.09. The number of halogens is 1. The average molecular weight is 533 g/mol. The summed E-state index contributed by atoms with van der Waals surface area (Å²) < 4.78 is 16.6. The molecule has 9 heteroatoms. The number of esters is 1. The Kier molecular flexibility index (Phi) is 8.10. The molecule has 1 fully saturated rings. The van der Waals surface area contributed by atoms with Crippen LogP contribution in [0.1, 0.15) is 25.0 Å². The first-order valence-corrected chi connectivity index (χ1v) is 11.6. The Bertz CT molecular complexity index is 1100. The highest BCUT2D eigenvalue weighted by molar-refractivity contribution is 9.10. The van der Waals surface area contributed by atoms with Crippen molar-refractivity contribution in [2.75, 3.05) is 32.3 Å². The van der Waals surface area contributed by atoms with Gasteiger partial charge in [0.25, 0.3) is 5.91 Å². The second kappa shape index (κ2) is 10.8. The number of rotatable bonds is 8. The van der Waals surface area contributed by atoms with Gasteiger partial charge in [-0.25, -0.2) is 0 Å². The number of anilines is 1. The average Bonchev–Trinajstić information content (AvgIpc) is 3.04. The smallest absolute Gasteiger partial charge is 0.325 e. The van der Waals surface area contributed by atoms with Crippen LogP contribution < -0.4 is 14.4 Å². The van der Waals surface area contributed by atoms with Crippen molar-refractivity contribution in [3.63, 3.8) is 0 Å². The minimum Gasteiger partial charge on any atom is -0.493 e. The zero-order valence-electron chi connectivity index (χ0n) is 18.9. The summed E-state index contributed by atoms with van der Waals surface area (Å²) in [6.07, 6.45) is 2.55. The van der Waals surface area contributed by atoms with Crippen LogP contribution in [0.2, 0.25) is 0 Å². The Labute approximate surface area is 207 Å². The van der Waals surface area contributed by atoms with Gasteiger partial charge in [-0.05, 0) is 67.0 Å². The van der Waals surface area contributed by atoms with Crippen LogP contribution in [0, 0.1) is 0 Å². The minimum atomic E-state index is -0.511. The van der Waals surface area contributed by atoms with Crippen molar-refractivity contribution < 1.29 is 23.8 Å². The van der Waals surface area contributed by atoms with Gasteiger partial charge in [-0.2, -0.15) is 0 Å². The predicted molar refractivity (Wildman–Crippen MR) is 134 cm³/mol. The van der Waals surface area contributed by atoms with Gasteiger partial charge < -0.3 is 19.1 Å². The quantitative estimate of drug-likeness (QED) is 0.280. The number of nitrogens with zero attached hydrogens (tertiary/aromatic N) is 2. The van der Waals surface area contributed by atoms with E-state index in [2.05, 4.69) is 22.9 Å². The maximum Gasteiger partial charge on any atom is 0.325 e. The fourth-order valence-corrected chi connectivity index (χ4v) is 4.16. The Balaban J connectivity index is 2.09. The summed E-state index contributed by atoms with van der Waals surface area (Å²) in [7, 11) is 2.85. The van der Waals surface area contributed by atoms with Crippen LogP contribution in [-0.2, 0) is 20.7 Å². The van der Waals surface area contributed by atoms with E-state index < -0.39 is 5.97 Å². The van der Waals surface area contributed by atoms with Crippen LogP contribution in [-0.4, -0.2) is 49.3 Å². The van der Waals surface area contributed by atoms with E-state index in [9.17, 15) is 9.59 Å². The summed E-state index contributed by atoms with van der Waals surface area (Å²) in [5, 5.41) is 0.204. The Morgan fingerprint density at radius 2 is 1.82 bits per heavy atom. The molecule has 1 aliphatic heterocycles. The lowest BCUT2D eigenvalue weighted by atomic mass is 10.1. The van der Waals surface area contributed by atoms with Crippen LogP contribution in [0.4, 0.5) is 5.69 Å². The van der Waals surface area contributed by atoms with Gasteiger partial charge in [-0.3, -0.25) is 14.5 Å². The number of hydrogen-bond donors (Lipinski definition) is 0. The van der Waals surface area contributed by atoms with Gasteiger partial charge in [0.1, 0.15) is 12.2 Å². The van der Waals surface area contributed by atoms with Crippen molar-refractivity contribution in [2.24, 2.45) is 0 Å². The van der Waals surface area contributed by atoms with Crippen molar-refractivity contribution in [1.82, 2.24) is 4.90 Å². The molecule has 0 radical (unpaired) electrons. The van der Waals surface area contributed by atoms with E-state index in [0.29, 0.717) is 33.8 Å². The van der Waals surface area contributed by atoms with Crippen molar-refractivity contribution in [1.29, 1.82) is 0 Å². The third-order valence-electron chi connectivity index (χ3n) is 5.13. The topological polar surface area (TPSA) is 68.3 Å². The monoisotopic (exact) mass is 532 g/mol. The maximum absolute atomic E-state index is 13.5. The van der Waals surface area contributed by atoms with Crippen LogP contribution >= 0.6 is 28.1 Å². The third kappa shape index (κ3) is 5.20. The summed E-state index contributed by atoms with van der Waals surface area (Å²) >= 11 is 9.14. The molecular formula is C24H25BrN2O5S. The summed E-state index contributed by atoms with van der Waals surface area (Å²) in [5.41, 5.74) is 2.69. The molecule has 0 aromatic heterocycles. The van der Waals surface area contributed by atoms with Gasteiger partial charge >= 0.3 is 5.97 Å². The van der Waals surface area contributed by atoms with E-state index in [-0.39, 0.29) is 23.3 Å². The van der Waals surface area contributed by atoms with Crippen molar-refractivity contribution in [3.05, 3.63) is 57.7 Å². The third-order valence-corrected chi connectivity index (χ3v) is 6.22. The molecule has 174 valence electrons. The number of hydrogen-bond acceptors (Lipinski definition) is 6. The molecule has 0 bridgehead atoms. The first-order chi connectivity index (χ1) is 15.8. The van der Waals surface area contributed by atoms with Crippen LogP contribution in [0.5, 0.6) is 11.5 Å². The lowest BCUT2D eigenvalue weighted by Gasteiger charge is -2.19. The molecule has 1 aliphatic rings. The number of ether oxygens (including phenoxy) is 3. The number of thiocarbonyl (C=S) groups is 1. The van der Waals surface area contributed by atoms with E-state index in [1.54, 1.807) is 25.3 Å². The van der Waals surface area contributed by atoms with Crippen LogP contribution in [0.3, 0.4) is 0 Å². The fourth-order valence-electron chi connectivity index (χ4n) is 3.37. The molecule has 0 unspecified atom stereocenters. The lowest BCUT2D eigenvalue weighted by molar-refractivity contribution is -0.140. The highest BCUT2D eigenvalue weighted by Crippen LogP contribution is 2.36. The Morgan fingerprint density at radius 3 is 2.39 bits per heavy atom. The highest BCUT2D eigenvalue weighted by atomic mass is 79.9. The van der Waals surface area contributed by atoms with Gasteiger partial charge in [-0.15, -0.1) is 0 Å². The lowest BCUT2D eigenvalue weighted by Crippen LogP contribution is -2.35. The molecule has 3 rings (SSSR count). The number of amides is 1. The van der Waals surface area contributed by atoms with Crippen molar-refractivity contribution in [2.45, 2.75) is 20.3 Å². The summed E-state index contributed by atoms with van der Waals surface area (Å²) in [4.78, 5) is 28.5. The molecule has 0 N–H and O–H groups in total. The molecule has 2 aromatic carbocycles. The number of benzene rings is 2. The molecule has 1 amide bonds. The zero-order chi connectivity index (χ0) is 24.1. The molecule has 7 nitrogen and oxygen atoms in total. The highest BCUT2D eigenvalue weighted by Gasteiger charge is 2.40. The number of carbonyl (C=O) groups excluding carboxylic acids is 2. The standard InChI is InChI=1S/C24H25BrN2O5S/c1-5-15-7-9-17(10-8-15)27-23(29)19(26(24(27)33)14-22(28)31-4)11-16-12-21(32-6-2)20(30-3)13-18(16)25/h7-13H,5-6,14H2,1-4H3/b19-11-. The molecule has 1 saturated heterocycles. The van der Waals surface area contributed by atoms with Crippen molar-refractivity contribution in [3.8, 4) is 11.5 Å². The van der Waals surface area contributed by atoms with Crippen LogP contribution in [0.15, 0.2) is 46.6 Å². The van der Waals surface area contributed by atoms with Crippen molar-refractivity contribution >= 4 is 56.9 Å². The number of carbonyl (C=O) groups is 2. The molecule has 0 spiro atoms. The van der Waals surface area contributed by atoms with E-state index in [4.69, 9.17) is 26.4 Å². The molecule has 0 saturated carbocycles. The SMILES string of the molecule is CCOc1cc(/C=C2/C(=O)N(c3ccc(CC)cc3)C(=S)N2CC(=O)OC)c(Br)cc1OC.